The molecule has 0 aliphatic heterocycles. The summed E-state index contributed by atoms with van der Waals surface area (Å²) in [5, 5.41) is 16.4. The van der Waals surface area contributed by atoms with Crippen LogP contribution in [0.5, 0.6) is 0 Å². The van der Waals surface area contributed by atoms with Gasteiger partial charge in [0.1, 0.15) is 17.8 Å². The van der Waals surface area contributed by atoms with Gasteiger partial charge >= 0.3 is 0 Å². The topological polar surface area (TPSA) is 126 Å². The third-order valence-electron chi connectivity index (χ3n) is 5.69. The lowest BCUT2D eigenvalue weighted by atomic mass is 10.1. The zero-order valence-electron chi connectivity index (χ0n) is 16.7. The van der Waals surface area contributed by atoms with Crippen LogP contribution in [0.1, 0.15) is 24.4 Å². The van der Waals surface area contributed by atoms with Gasteiger partial charge in [0.05, 0.1) is 11.5 Å². The molecule has 0 saturated heterocycles. The summed E-state index contributed by atoms with van der Waals surface area (Å²) in [6.07, 6.45) is 4.07. The molecule has 0 radical (unpaired) electrons. The number of benzene rings is 1. The summed E-state index contributed by atoms with van der Waals surface area (Å²) in [5.41, 5.74) is 1.99. The SMILES string of the molecule is CN(Cc1ccccc1)c1ncnc2c1ccn2[C@@H]1C[C@@H](CNS(N)(=O)=O)[C@@H](O)C1. The zero-order chi connectivity index (χ0) is 21.3. The maximum Gasteiger partial charge on any atom is 0.274 e. The second kappa shape index (κ2) is 8.31. The first kappa shape index (κ1) is 20.7. The molecule has 0 spiro atoms. The predicted molar refractivity (Wildman–Crippen MR) is 115 cm³/mol. The fourth-order valence-electron chi connectivity index (χ4n) is 4.23. The molecule has 4 N–H and O–H groups in total. The summed E-state index contributed by atoms with van der Waals surface area (Å²) in [7, 11) is -1.78. The molecule has 1 saturated carbocycles. The van der Waals surface area contributed by atoms with Crippen molar-refractivity contribution in [3.05, 3.63) is 54.5 Å². The summed E-state index contributed by atoms with van der Waals surface area (Å²) in [6, 6.07) is 12.2. The summed E-state index contributed by atoms with van der Waals surface area (Å²) >= 11 is 0. The molecule has 0 bridgehead atoms. The minimum absolute atomic E-state index is 0.0203. The van der Waals surface area contributed by atoms with Crippen molar-refractivity contribution in [1.29, 1.82) is 0 Å². The van der Waals surface area contributed by atoms with E-state index < -0.39 is 16.3 Å². The standard InChI is InChI=1S/C20H26N6O3S/c1-25(12-14-5-3-2-4-6-14)19-17-7-8-26(20(17)23-13-22-19)16-9-15(18(27)10-16)11-24-30(21,28)29/h2-8,13,15-16,18,24,27H,9-12H2,1H3,(H2,21,28,29)/t15-,16+,18-/m0/s1. The smallest absolute Gasteiger partial charge is 0.274 e. The number of hydrogen-bond donors (Lipinski definition) is 3. The lowest BCUT2D eigenvalue weighted by Gasteiger charge is -2.19. The van der Waals surface area contributed by atoms with E-state index >= 15 is 0 Å². The molecule has 0 unspecified atom stereocenters. The van der Waals surface area contributed by atoms with Gasteiger partial charge in [0.15, 0.2) is 0 Å². The van der Waals surface area contributed by atoms with Crippen molar-refractivity contribution in [2.75, 3.05) is 18.5 Å². The van der Waals surface area contributed by atoms with Crippen molar-refractivity contribution in [1.82, 2.24) is 19.3 Å². The molecule has 2 aromatic heterocycles. The van der Waals surface area contributed by atoms with Crippen LogP contribution >= 0.6 is 0 Å². The molecular formula is C20H26N6O3S. The van der Waals surface area contributed by atoms with Crippen LogP contribution in [-0.4, -0.2) is 47.8 Å². The van der Waals surface area contributed by atoms with Crippen molar-refractivity contribution in [3.63, 3.8) is 0 Å². The largest absolute Gasteiger partial charge is 0.393 e. The van der Waals surface area contributed by atoms with Crippen LogP contribution in [0, 0.1) is 5.92 Å². The number of aliphatic hydroxyl groups excluding tert-OH is 1. The van der Waals surface area contributed by atoms with Gasteiger partial charge in [-0.05, 0) is 24.5 Å². The fourth-order valence-corrected chi connectivity index (χ4v) is 4.68. The number of aliphatic hydroxyl groups is 1. The fraction of sp³-hybridized carbons (Fsp3) is 0.400. The van der Waals surface area contributed by atoms with E-state index in [4.69, 9.17) is 5.14 Å². The number of nitrogens with zero attached hydrogens (tertiary/aromatic N) is 4. The second-order valence-corrected chi connectivity index (χ2v) is 9.22. The molecule has 2 heterocycles. The van der Waals surface area contributed by atoms with Crippen molar-refractivity contribution in [3.8, 4) is 0 Å². The highest BCUT2D eigenvalue weighted by atomic mass is 32.2. The van der Waals surface area contributed by atoms with Crippen LogP contribution < -0.4 is 14.8 Å². The van der Waals surface area contributed by atoms with E-state index in [1.54, 1.807) is 6.33 Å². The number of aromatic nitrogens is 3. The van der Waals surface area contributed by atoms with Crippen LogP contribution in [0.3, 0.4) is 0 Å². The Morgan fingerprint density at radius 2 is 2.00 bits per heavy atom. The zero-order valence-corrected chi connectivity index (χ0v) is 17.5. The molecular weight excluding hydrogens is 404 g/mol. The molecule has 30 heavy (non-hydrogen) atoms. The Labute approximate surface area is 175 Å². The van der Waals surface area contributed by atoms with Crippen LogP contribution in [0.25, 0.3) is 11.0 Å². The highest BCUT2D eigenvalue weighted by molar-refractivity contribution is 7.87. The molecule has 9 nitrogen and oxygen atoms in total. The van der Waals surface area contributed by atoms with Gasteiger partial charge in [-0.15, -0.1) is 0 Å². The summed E-state index contributed by atoms with van der Waals surface area (Å²) in [6.45, 7) is 0.845. The number of rotatable bonds is 7. The molecule has 1 aromatic carbocycles. The van der Waals surface area contributed by atoms with E-state index in [1.807, 2.05) is 37.5 Å². The molecule has 3 atom stereocenters. The van der Waals surface area contributed by atoms with E-state index in [2.05, 4.69) is 36.3 Å². The highest BCUT2D eigenvalue weighted by Crippen LogP contribution is 2.37. The Kier molecular flexibility index (Phi) is 5.74. The number of fused-ring (bicyclic) bond motifs is 1. The average molecular weight is 431 g/mol. The van der Waals surface area contributed by atoms with Gasteiger partial charge < -0.3 is 14.6 Å². The Morgan fingerprint density at radius 1 is 1.23 bits per heavy atom. The minimum Gasteiger partial charge on any atom is -0.393 e. The van der Waals surface area contributed by atoms with E-state index in [0.29, 0.717) is 12.8 Å². The van der Waals surface area contributed by atoms with Gasteiger partial charge in [0, 0.05) is 38.3 Å². The van der Waals surface area contributed by atoms with Crippen molar-refractivity contribution in [2.45, 2.75) is 31.5 Å². The minimum atomic E-state index is -3.78. The van der Waals surface area contributed by atoms with Crippen LogP contribution in [-0.2, 0) is 16.8 Å². The molecule has 1 aliphatic carbocycles. The van der Waals surface area contributed by atoms with Gasteiger partial charge in [-0.2, -0.15) is 8.42 Å². The second-order valence-electron chi connectivity index (χ2n) is 7.85. The lowest BCUT2D eigenvalue weighted by molar-refractivity contribution is 0.133. The molecule has 1 aliphatic rings. The molecule has 160 valence electrons. The normalized spacial score (nSPS) is 21.9. The van der Waals surface area contributed by atoms with Crippen molar-refractivity contribution < 1.29 is 13.5 Å². The first-order valence-corrected chi connectivity index (χ1v) is 11.4. The third kappa shape index (κ3) is 4.46. The molecule has 4 rings (SSSR count). The Balaban J connectivity index is 1.55. The van der Waals surface area contributed by atoms with Crippen LogP contribution in [0.15, 0.2) is 48.9 Å². The maximum atomic E-state index is 11.2. The Hall–Kier alpha value is -2.53. The van der Waals surface area contributed by atoms with Crippen LogP contribution in [0.2, 0.25) is 0 Å². The number of nitrogens with one attached hydrogen (secondary N) is 1. The van der Waals surface area contributed by atoms with E-state index in [-0.39, 0.29) is 18.5 Å². The van der Waals surface area contributed by atoms with Crippen molar-refractivity contribution in [2.24, 2.45) is 11.1 Å². The molecule has 3 aromatic rings. The molecule has 10 heteroatoms. The Bertz CT molecular complexity index is 1120. The third-order valence-corrected chi connectivity index (χ3v) is 6.25. The molecule has 1 fully saturated rings. The first-order valence-electron chi connectivity index (χ1n) is 9.84. The van der Waals surface area contributed by atoms with E-state index in [9.17, 15) is 13.5 Å². The van der Waals surface area contributed by atoms with Gasteiger partial charge in [-0.1, -0.05) is 30.3 Å². The van der Waals surface area contributed by atoms with Gasteiger partial charge in [0.25, 0.3) is 10.2 Å². The Morgan fingerprint density at radius 3 is 2.73 bits per heavy atom. The lowest BCUT2D eigenvalue weighted by Crippen LogP contribution is -2.36. The maximum absolute atomic E-state index is 11.2. The van der Waals surface area contributed by atoms with Gasteiger partial charge in [-0.25, -0.2) is 19.8 Å². The monoisotopic (exact) mass is 430 g/mol. The van der Waals surface area contributed by atoms with Gasteiger partial charge in [0.2, 0.25) is 0 Å². The highest BCUT2D eigenvalue weighted by Gasteiger charge is 2.35. The number of nitrogens with two attached hydrogens (primary N) is 1. The average Bonchev–Trinajstić information content (AvgIpc) is 3.29. The first-order chi connectivity index (χ1) is 14.3. The number of hydrogen-bond acceptors (Lipinski definition) is 6. The molecule has 0 amide bonds. The van der Waals surface area contributed by atoms with E-state index in [1.165, 1.54) is 5.56 Å². The van der Waals surface area contributed by atoms with Crippen LogP contribution in [0.4, 0.5) is 5.82 Å². The summed E-state index contributed by atoms with van der Waals surface area (Å²) < 4.78 is 26.7. The number of anilines is 1. The van der Waals surface area contributed by atoms with E-state index in [0.717, 1.165) is 23.4 Å². The predicted octanol–water partition coefficient (Wildman–Crippen LogP) is 1.17. The van der Waals surface area contributed by atoms with Crippen molar-refractivity contribution >= 4 is 27.1 Å². The summed E-state index contributed by atoms with van der Waals surface area (Å²) in [4.78, 5) is 11.1. The summed E-state index contributed by atoms with van der Waals surface area (Å²) in [5.74, 6) is 0.640. The quantitative estimate of drug-likeness (QED) is 0.517. The van der Waals surface area contributed by atoms with Gasteiger partial charge in [-0.3, -0.25) is 0 Å².